The minimum Gasteiger partial charge on any atom is -0.396 e. The highest BCUT2D eigenvalue weighted by molar-refractivity contribution is 5.60. The number of aromatic nitrogens is 1. The lowest BCUT2D eigenvalue weighted by molar-refractivity contribution is 0.563. The Hall–Kier alpha value is -1.25. The second-order valence-electron chi connectivity index (χ2n) is 4.21. The number of nitrogens with two attached hydrogens (primary N) is 1. The zero-order valence-electron chi connectivity index (χ0n) is 10.4. The Morgan fingerprint density at radius 2 is 2.12 bits per heavy atom. The van der Waals surface area contributed by atoms with E-state index in [4.69, 9.17) is 5.73 Å². The lowest BCUT2D eigenvalue weighted by Gasteiger charge is -2.19. The molecule has 3 heteroatoms. The van der Waals surface area contributed by atoms with Crippen molar-refractivity contribution in [1.29, 1.82) is 0 Å². The van der Waals surface area contributed by atoms with Gasteiger partial charge in [-0.3, -0.25) is 0 Å². The van der Waals surface area contributed by atoms with E-state index in [0.717, 1.165) is 11.5 Å². The number of pyridine rings is 1. The van der Waals surface area contributed by atoms with Crippen molar-refractivity contribution < 1.29 is 0 Å². The first-order chi connectivity index (χ1) is 7.77. The molecule has 3 N–H and O–H groups in total. The standard InChI is InChI=1S/C13H23N3/c1-3-5-8-11(7-4-2)16-13-12(14)9-6-10-15-13/h6,9-11H,3-5,7-8,14H2,1-2H3,(H,15,16). The summed E-state index contributed by atoms with van der Waals surface area (Å²) < 4.78 is 0. The SMILES string of the molecule is CCCCC(CCC)Nc1ncccc1N. The number of nitrogens with zero attached hydrogens (tertiary/aromatic N) is 1. The van der Waals surface area contributed by atoms with Gasteiger partial charge >= 0.3 is 0 Å². The molecule has 1 unspecified atom stereocenters. The van der Waals surface area contributed by atoms with Gasteiger partial charge in [0, 0.05) is 12.2 Å². The van der Waals surface area contributed by atoms with Crippen LogP contribution in [0, 0.1) is 0 Å². The molecule has 16 heavy (non-hydrogen) atoms. The van der Waals surface area contributed by atoms with Crippen LogP contribution in [0.15, 0.2) is 18.3 Å². The molecule has 0 spiro atoms. The summed E-state index contributed by atoms with van der Waals surface area (Å²) in [5, 5.41) is 3.45. The Labute approximate surface area is 98.5 Å². The number of hydrogen-bond donors (Lipinski definition) is 2. The molecule has 3 nitrogen and oxygen atoms in total. The number of anilines is 2. The second-order valence-corrected chi connectivity index (χ2v) is 4.21. The van der Waals surface area contributed by atoms with Crippen LogP contribution in [0.4, 0.5) is 11.5 Å². The molecule has 1 heterocycles. The summed E-state index contributed by atoms with van der Waals surface area (Å²) in [6.07, 6.45) is 7.83. The van der Waals surface area contributed by atoms with Gasteiger partial charge < -0.3 is 11.1 Å². The molecular formula is C13H23N3. The van der Waals surface area contributed by atoms with Gasteiger partial charge in [-0.2, -0.15) is 0 Å². The van der Waals surface area contributed by atoms with Gasteiger partial charge in [-0.15, -0.1) is 0 Å². The van der Waals surface area contributed by atoms with Gasteiger partial charge in [0.2, 0.25) is 0 Å². The lowest BCUT2D eigenvalue weighted by atomic mass is 10.1. The lowest BCUT2D eigenvalue weighted by Crippen LogP contribution is -2.20. The van der Waals surface area contributed by atoms with Gasteiger partial charge in [0.1, 0.15) is 5.82 Å². The van der Waals surface area contributed by atoms with Crippen molar-refractivity contribution in [3.63, 3.8) is 0 Å². The van der Waals surface area contributed by atoms with Crippen LogP contribution >= 0.6 is 0 Å². The van der Waals surface area contributed by atoms with Crippen LogP contribution < -0.4 is 11.1 Å². The second kappa shape index (κ2) is 7.09. The quantitative estimate of drug-likeness (QED) is 0.741. The number of rotatable bonds is 7. The molecule has 0 saturated heterocycles. The van der Waals surface area contributed by atoms with E-state index in [2.05, 4.69) is 24.1 Å². The predicted octanol–water partition coefficient (Wildman–Crippen LogP) is 3.43. The summed E-state index contributed by atoms with van der Waals surface area (Å²) in [4.78, 5) is 4.27. The average molecular weight is 221 g/mol. The summed E-state index contributed by atoms with van der Waals surface area (Å²) in [5.74, 6) is 0.831. The fourth-order valence-corrected chi connectivity index (χ4v) is 1.82. The fourth-order valence-electron chi connectivity index (χ4n) is 1.82. The molecule has 0 aromatic carbocycles. The maximum Gasteiger partial charge on any atom is 0.149 e. The molecule has 0 bridgehead atoms. The molecular weight excluding hydrogens is 198 g/mol. The molecule has 90 valence electrons. The van der Waals surface area contributed by atoms with Crippen LogP contribution in [-0.4, -0.2) is 11.0 Å². The number of nitrogen functional groups attached to an aromatic ring is 1. The Morgan fingerprint density at radius 1 is 1.31 bits per heavy atom. The van der Waals surface area contributed by atoms with Crippen molar-refractivity contribution in [1.82, 2.24) is 4.98 Å². The van der Waals surface area contributed by atoms with Gasteiger partial charge in [-0.05, 0) is 25.0 Å². The predicted molar refractivity (Wildman–Crippen MR) is 70.5 cm³/mol. The number of unbranched alkanes of at least 4 members (excludes halogenated alkanes) is 1. The van der Waals surface area contributed by atoms with Crippen molar-refractivity contribution in [2.75, 3.05) is 11.1 Å². The highest BCUT2D eigenvalue weighted by Crippen LogP contribution is 2.18. The van der Waals surface area contributed by atoms with Crippen LogP contribution in [0.5, 0.6) is 0 Å². The van der Waals surface area contributed by atoms with Crippen LogP contribution in [0.25, 0.3) is 0 Å². The molecule has 0 radical (unpaired) electrons. The van der Waals surface area contributed by atoms with Crippen LogP contribution in [0.2, 0.25) is 0 Å². The smallest absolute Gasteiger partial charge is 0.149 e. The van der Waals surface area contributed by atoms with Crippen molar-refractivity contribution in [2.45, 2.75) is 52.0 Å². The molecule has 0 saturated carbocycles. The van der Waals surface area contributed by atoms with E-state index >= 15 is 0 Å². The van der Waals surface area contributed by atoms with Crippen molar-refractivity contribution in [2.24, 2.45) is 0 Å². The molecule has 1 aromatic heterocycles. The van der Waals surface area contributed by atoms with E-state index in [1.165, 1.54) is 32.1 Å². The zero-order valence-corrected chi connectivity index (χ0v) is 10.4. The summed E-state index contributed by atoms with van der Waals surface area (Å²) in [5.41, 5.74) is 6.60. The molecule has 1 atom stereocenters. The summed E-state index contributed by atoms with van der Waals surface area (Å²) in [6.45, 7) is 4.43. The zero-order chi connectivity index (χ0) is 11.8. The van der Waals surface area contributed by atoms with Crippen LogP contribution in [-0.2, 0) is 0 Å². The summed E-state index contributed by atoms with van der Waals surface area (Å²) in [7, 11) is 0. The number of hydrogen-bond acceptors (Lipinski definition) is 3. The van der Waals surface area contributed by atoms with E-state index in [0.29, 0.717) is 6.04 Å². The van der Waals surface area contributed by atoms with Gasteiger partial charge in [0.25, 0.3) is 0 Å². The molecule has 0 aliphatic rings. The first-order valence-corrected chi connectivity index (χ1v) is 6.25. The Kier molecular flexibility index (Phi) is 5.68. The van der Waals surface area contributed by atoms with Crippen molar-refractivity contribution in [3.05, 3.63) is 18.3 Å². The third kappa shape index (κ3) is 4.09. The van der Waals surface area contributed by atoms with Crippen LogP contribution in [0.1, 0.15) is 46.0 Å². The van der Waals surface area contributed by atoms with Crippen molar-refractivity contribution in [3.8, 4) is 0 Å². The number of nitrogens with one attached hydrogen (secondary N) is 1. The van der Waals surface area contributed by atoms with Gasteiger partial charge in [-0.25, -0.2) is 4.98 Å². The average Bonchev–Trinajstić information content (AvgIpc) is 2.29. The molecule has 0 aliphatic carbocycles. The highest BCUT2D eigenvalue weighted by atomic mass is 15.0. The maximum absolute atomic E-state index is 5.87. The normalized spacial score (nSPS) is 12.4. The van der Waals surface area contributed by atoms with E-state index in [1.807, 2.05) is 12.1 Å². The third-order valence-corrected chi connectivity index (χ3v) is 2.72. The summed E-state index contributed by atoms with van der Waals surface area (Å²) >= 11 is 0. The third-order valence-electron chi connectivity index (χ3n) is 2.72. The first kappa shape index (κ1) is 12.8. The molecule has 0 fully saturated rings. The minimum atomic E-state index is 0.502. The topological polar surface area (TPSA) is 50.9 Å². The Morgan fingerprint density at radius 3 is 2.75 bits per heavy atom. The van der Waals surface area contributed by atoms with E-state index < -0.39 is 0 Å². The Balaban J connectivity index is 2.56. The van der Waals surface area contributed by atoms with E-state index in [-0.39, 0.29) is 0 Å². The molecule has 1 aromatic rings. The molecule has 1 rings (SSSR count). The van der Waals surface area contributed by atoms with Gasteiger partial charge in [0.05, 0.1) is 5.69 Å². The van der Waals surface area contributed by atoms with Crippen LogP contribution in [0.3, 0.4) is 0 Å². The molecule has 0 amide bonds. The largest absolute Gasteiger partial charge is 0.396 e. The highest BCUT2D eigenvalue weighted by Gasteiger charge is 2.09. The van der Waals surface area contributed by atoms with Crippen molar-refractivity contribution >= 4 is 11.5 Å². The monoisotopic (exact) mass is 221 g/mol. The minimum absolute atomic E-state index is 0.502. The maximum atomic E-state index is 5.87. The van der Waals surface area contributed by atoms with E-state index in [9.17, 15) is 0 Å². The van der Waals surface area contributed by atoms with Gasteiger partial charge in [-0.1, -0.05) is 33.1 Å². The summed E-state index contributed by atoms with van der Waals surface area (Å²) in [6, 6.07) is 4.25. The fraction of sp³-hybridized carbons (Fsp3) is 0.615. The Bertz CT molecular complexity index is 299. The first-order valence-electron chi connectivity index (χ1n) is 6.25. The van der Waals surface area contributed by atoms with Gasteiger partial charge in [0.15, 0.2) is 0 Å². The van der Waals surface area contributed by atoms with E-state index in [1.54, 1.807) is 6.20 Å². The molecule has 0 aliphatic heterocycles.